The van der Waals surface area contributed by atoms with Gasteiger partial charge in [-0.25, -0.2) is 21.1 Å². The number of hydrogen-bond donors (Lipinski definition) is 0. The lowest BCUT2D eigenvalue weighted by molar-refractivity contribution is 0.519. The normalized spacial score (nSPS) is 19.1. The third-order valence-corrected chi connectivity index (χ3v) is 8.27. The Morgan fingerprint density at radius 1 is 1.09 bits per heavy atom. The van der Waals surface area contributed by atoms with Crippen LogP contribution in [-0.4, -0.2) is 46.7 Å². The van der Waals surface area contributed by atoms with E-state index in [0.717, 1.165) is 28.3 Å². The molecule has 1 atom stereocenters. The van der Waals surface area contributed by atoms with Crippen LogP contribution in [0.4, 0.5) is 0 Å². The fourth-order valence-corrected chi connectivity index (χ4v) is 5.88. The number of nitrogens with zero attached hydrogens (tertiary/aromatic N) is 1. The Bertz CT molecular complexity index is 724. The summed E-state index contributed by atoms with van der Waals surface area (Å²) in [5.41, 5.74) is 1.99. The largest absolute Gasteiger partial charge is 0.228 e. The van der Waals surface area contributed by atoms with Gasteiger partial charge in [0.2, 0.25) is 10.0 Å². The van der Waals surface area contributed by atoms with E-state index in [0.29, 0.717) is 6.42 Å². The van der Waals surface area contributed by atoms with Gasteiger partial charge in [0.1, 0.15) is 0 Å². The van der Waals surface area contributed by atoms with E-state index in [9.17, 15) is 16.8 Å². The first kappa shape index (κ1) is 17.4. The van der Waals surface area contributed by atoms with E-state index in [4.69, 9.17) is 0 Å². The third kappa shape index (κ3) is 3.88. The van der Waals surface area contributed by atoms with Gasteiger partial charge in [0, 0.05) is 14.1 Å². The van der Waals surface area contributed by atoms with Gasteiger partial charge >= 0.3 is 0 Å². The van der Waals surface area contributed by atoms with Crippen molar-refractivity contribution in [1.29, 1.82) is 0 Å². The zero-order chi connectivity index (χ0) is 16.4. The maximum absolute atomic E-state index is 12.6. The molecule has 7 heteroatoms. The molecule has 5 nitrogen and oxygen atoms in total. The molecule has 0 saturated carbocycles. The molecule has 1 aliphatic rings. The minimum atomic E-state index is -3.34. The van der Waals surface area contributed by atoms with Crippen molar-refractivity contribution < 1.29 is 16.8 Å². The number of fused-ring (bicyclic) bond motifs is 1. The van der Waals surface area contributed by atoms with E-state index in [1.807, 2.05) is 24.3 Å². The van der Waals surface area contributed by atoms with Crippen LogP contribution in [0.2, 0.25) is 0 Å². The SMILES string of the molecule is CN(C)S(=O)(=O)CCCS(=O)(=O)C1CCCc2ccccc21. The Morgan fingerprint density at radius 2 is 1.77 bits per heavy atom. The quantitative estimate of drug-likeness (QED) is 0.788. The molecule has 0 heterocycles. The molecule has 0 spiro atoms. The van der Waals surface area contributed by atoms with E-state index in [1.54, 1.807) is 0 Å². The summed E-state index contributed by atoms with van der Waals surface area (Å²) in [6.45, 7) is 0. The maximum atomic E-state index is 12.6. The summed E-state index contributed by atoms with van der Waals surface area (Å²) in [4.78, 5) is 0. The van der Waals surface area contributed by atoms with Gasteiger partial charge in [-0.15, -0.1) is 0 Å². The summed E-state index contributed by atoms with van der Waals surface area (Å²) in [5, 5.41) is -0.487. The molecule has 0 fully saturated rings. The van der Waals surface area contributed by atoms with Gasteiger partial charge in [0.05, 0.1) is 16.8 Å². The van der Waals surface area contributed by atoms with Gasteiger partial charge in [-0.2, -0.15) is 0 Å². The second-order valence-corrected chi connectivity index (χ2v) is 10.5. The molecular formula is C15H23NO4S2. The second-order valence-electron chi connectivity index (χ2n) is 5.90. The molecule has 0 bridgehead atoms. The summed E-state index contributed by atoms with van der Waals surface area (Å²) in [6.07, 6.45) is 2.54. The Kier molecular flexibility index (Phi) is 5.29. The fourth-order valence-electron chi connectivity index (χ4n) is 2.85. The summed E-state index contributed by atoms with van der Waals surface area (Å²) in [7, 11) is -3.75. The number of hydrogen-bond acceptors (Lipinski definition) is 4. The average molecular weight is 345 g/mol. The topological polar surface area (TPSA) is 71.5 Å². The first-order valence-electron chi connectivity index (χ1n) is 7.43. The van der Waals surface area contributed by atoms with Gasteiger partial charge in [-0.05, 0) is 36.8 Å². The number of sulfone groups is 1. The lowest BCUT2D eigenvalue weighted by Gasteiger charge is -2.25. The van der Waals surface area contributed by atoms with Crippen LogP contribution in [0.25, 0.3) is 0 Å². The molecule has 0 N–H and O–H groups in total. The Hall–Kier alpha value is -0.920. The first-order valence-corrected chi connectivity index (χ1v) is 10.8. The predicted octanol–water partition coefficient (Wildman–Crippen LogP) is 1.76. The zero-order valence-corrected chi connectivity index (χ0v) is 14.7. The third-order valence-electron chi connectivity index (χ3n) is 4.14. The summed E-state index contributed by atoms with van der Waals surface area (Å²) >= 11 is 0. The van der Waals surface area contributed by atoms with Crippen molar-refractivity contribution in [2.45, 2.75) is 30.9 Å². The van der Waals surface area contributed by atoms with Crippen LogP contribution in [0.1, 0.15) is 35.6 Å². The molecule has 0 saturated heterocycles. The molecule has 1 aliphatic carbocycles. The fraction of sp³-hybridized carbons (Fsp3) is 0.600. The highest BCUT2D eigenvalue weighted by atomic mass is 32.2. The molecule has 2 rings (SSSR count). The van der Waals surface area contributed by atoms with Gasteiger partial charge in [0.25, 0.3) is 0 Å². The molecule has 0 aliphatic heterocycles. The van der Waals surface area contributed by atoms with Crippen LogP contribution in [-0.2, 0) is 26.3 Å². The van der Waals surface area contributed by atoms with Crippen molar-refractivity contribution >= 4 is 19.9 Å². The standard InChI is InChI=1S/C15H23NO4S2/c1-16(2)22(19,20)12-6-11-21(17,18)15-10-5-8-13-7-3-4-9-14(13)15/h3-4,7,9,15H,5-6,8,10-12H2,1-2H3. The lowest BCUT2D eigenvalue weighted by Crippen LogP contribution is -2.27. The Morgan fingerprint density at radius 3 is 2.45 bits per heavy atom. The molecule has 1 aromatic rings. The van der Waals surface area contributed by atoms with E-state index in [-0.39, 0.29) is 17.9 Å². The zero-order valence-electron chi connectivity index (χ0n) is 13.0. The Balaban J connectivity index is 2.09. The van der Waals surface area contributed by atoms with Gasteiger partial charge in [0.15, 0.2) is 9.84 Å². The van der Waals surface area contributed by atoms with Crippen LogP contribution in [0.5, 0.6) is 0 Å². The molecule has 0 aromatic heterocycles. The monoisotopic (exact) mass is 345 g/mol. The molecule has 22 heavy (non-hydrogen) atoms. The van der Waals surface area contributed by atoms with Gasteiger partial charge < -0.3 is 0 Å². The molecule has 1 aromatic carbocycles. The number of benzene rings is 1. The highest BCUT2D eigenvalue weighted by molar-refractivity contribution is 7.91. The van der Waals surface area contributed by atoms with Crippen LogP contribution in [0.3, 0.4) is 0 Å². The summed E-state index contributed by atoms with van der Waals surface area (Å²) < 4.78 is 49.8. The predicted molar refractivity (Wildman–Crippen MR) is 88.0 cm³/mol. The van der Waals surface area contributed by atoms with Crippen molar-refractivity contribution in [1.82, 2.24) is 4.31 Å². The van der Waals surface area contributed by atoms with Crippen molar-refractivity contribution in [2.24, 2.45) is 0 Å². The van der Waals surface area contributed by atoms with E-state index in [2.05, 4.69) is 0 Å². The summed E-state index contributed by atoms with van der Waals surface area (Å²) in [6, 6.07) is 7.65. The van der Waals surface area contributed by atoms with Crippen LogP contribution in [0.15, 0.2) is 24.3 Å². The van der Waals surface area contributed by atoms with Crippen molar-refractivity contribution in [3.05, 3.63) is 35.4 Å². The minimum absolute atomic E-state index is 0.0843. The first-order chi connectivity index (χ1) is 10.2. The van der Waals surface area contributed by atoms with Crippen LogP contribution >= 0.6 is 0 Å². The van der Waals surface area contributed by atoms with Gasteiger partial charge in [-0.1, -0.05) is 24.3 Å². The molecule has 124 valence electrons. The minimum Gasteiger partial charge on any atom is -0.228 e. The molecular weight excluding hydrogens is 322 g/mol. The number of aryl methyl sites for hydroxylation is 1. The van der Waals surface area contributed by atoms with Gasteiger partial charge in [-0.3, -0.25) is 0 Å². The number of rotatable bonds is 6. The highest BCUT2D eigenvalue weighted by Crippen LogP contribution is 2.36. The number of sulfonamides is 1. The van der Waals surface area contributed by atoms with Crippen LogP contribution in [0, 0.1) is 0 Å². The summed E-state index contributed by atoms with van der Waals surface area (Å²) in [5.74, 6) is -0.216. The van der Waals surface area contributed by atoms with Crippen molar-refractivity contribution in [3.63, 3.8) is 0 Å². The average Bonchev–Trinajstić information content (AvgIpc) is 2.46. The van der Waals surface area contributed by atoms with Crippen molar-refractivity contribution in [3.8, 4) is 0 Å². The highest BCUT2D eigenvalue weighted by Gasteiger charge is 2.31. The lowest BCUT2D eigenvalue weighted by atomic mass is 9.91. The van der Waals surface area contributed by atoms with E-state index in [1.165, 1.54) is 14.1 Å². The molecule has 0 amide bonds. The smallest absolute Gasteiger partial charge is 0.213 e. The second kappa shape index (κ2) is 6.68. The maximum Gasteiger partial charge on any atom is 0.213 e. The Labute approximate surface area is 133 Å². The van der Waals surface area contributed by atoms with E-state index >= 15 is 0 Å². The van der Waals surface area contributed by atoms with Crippen molar-refractivity contribution in [2.75, 3.05) is 25.6 Å². The molecule has 1 unspecified atom stereocenters. The van der Waals surface area contributed by atoms with Crippen LogP contribution < -0.4 is 0 Å². The molecule has 0 radical (unpaired) electrons. The van der Waals surface area contributed by atoms with E-state index < -0.39 is 25.1 Å².